The zero-order valence-corrected chi connectivity index (χ0v) is 7.79. The van der Waals surface area contributed by atoms with Crippen LogP contribution in [-0.4, -0.2) is 19.0 Å². The van der Waals surface area contributed by atoms with Gasteiger partial charge in [-0.3, -0.25) is 9.59 Å². The summed E-state index contributed by atoms with van der Waals surface area (Å²) in [5, 5.41) is 0. The first-order valence-corrected chi connectivity index (χ1v) is 4.54. The lowest BCUT2D eigenvalue weighted by atomic mass is 9.79. The normalized spacial score (nSPS) is 28.1. The quantitative estimate of drug-likeness (QED) is 0.635. The minimum atomic E-state index is -0.380. The summed E-state index contributed by atoms with van der Waals surface area (Å²) in [4.78, 5) is 22.3. The molecule has 4 nitrogen and oxygen atoms in total. The molecule has 0 bridgehead atoms. The third-order valence-corrected chi connectivity index (χ3v) is 2.64. The van der Waals surface area contributed by atoms with Gasteiger partial charge >= 0.3 is 5.97 Å². The highest BCUT2D eigenvalue weighted by Crippen LogP contribution is 2.30. The van der Waals surface area contributed by atoms with Gasteiger partial charge in [0.25, 0.3) is 0 Å². The molecule has 2 atom stereocenters. The summed E-state index contributed by atoms with van der Waals surface area (Å²) in [6.45, 7) is 0. The number of hydrogen-bond acceptors (Lipinski definition) is 3. The molecule has 0 saturated heterocycles. The fourth-order valence-electron chi connectivity index (χ4n) is 1.90. The summed E-state index contributed by atoms with van der Waals surface area (Å²) >= 11 is 0. The molecule has 1 saturated carbocycles. The van der Waals surface area contributed by atoms with Gasteiger partial charge in [-0.05, 0) is 12.8 Å². The van der Waals surface area contributed by atoms with Crippen LogP contribution < -0.4 is 5.73 Å². The molecule has 0 radical (unpaired) electrons. The first-order chi connectivity index (χ1) is 6.16. The lowest BCUT2D eigenvalue weighted by Gasteiger charge is -2.26. The van der Waals surface area contributed by atoms with Crippen LogP contribution >= 0.6 is 0 Å². The van der Waals surface area contributed by atoms with E-state index in [0.29, 0.717) is 0 Å². The number of primary amides is 1. The van der Waals surface area contributed by atoms with E-state index < -0.39 is 0 Å². The molecule has 13 heavy (non-hydrogen) atoms. The third kappa shape index (κ3) is 2.20. The molecule has 2 N–H and O–H groups in total. The monoisotopic (exact) mass is 185 g/mol. The zero-order chi connectivity index (χ0) is 9.84. The smallest absolute Gasteiger partial charge is 0.309 e. The first kappa shape index (κ1) is 10.0. The van der Waals surface area contributed by atoms with Gasteiger partial charge in [0.05, 0.1) is 18.9 Å². The Morgan fingerprint density at radius 1 is 1.23 bits per heavy atom. The minimum Gasteiger partial charge on any atom is -0.469 e. The number of ether oxygens (including phenoxy) is 1. The Morgan fingerprint density at radius 3 is 2.23 bits per heavy atom. The van der Waals surface area contributed by atoms with Gasteiger partial charge in [-0.15, -0.1) is 0 Å². The summed E-state index contributed by atoms with van der Waals surface area (Å²) < 4.78 is 4.62. The van der Waals surface area contributed by atoms with Crippen molar-refractivity contribution in [3.8, 4) is 0 Å². The average Bonchev–Trinajstić information content (AvgIpc) is 2.16. The van der Waals surface area contributed by atoms with Gasteiger partial charge in [-0.2, -0.15) is 0 Å². The molecule has 1 rings (SSSR count). The largest absolute Gasteiger partial charge is 0.469 e. The first-order valence-electron chi connectivity index (χ1n) is 4.54. The van der Waals surface area contributed by atoms with Crippen LogP contribution in [0, 0.1) is 11.8 Å². The van der Waals surface area contributed by atoms with Gasteiger partial charge < -0.3 is 10.5 Å². The van der Waals surface area contributed by atoms with Crippen molar-refractivity contribution in [3.05, 3.63) is 0 Å². The topological polar surface area (TPSA) is 69.4 Å². The van der Waals surface area contributed by atoms with Gasteiger partial charge in [0, 0.05) is 0 Å². The van der Waals surface area contributed by atoms with E-state index in [2.05, 4.69) is 4.74 Å². The molecule has 1 aliphatic carbocycles. The fourth-order valence-corrected chi connectivity index (χ4v) is 1.90. The van der Waals surface area contributed by atoms with E-state index in [1.807, 2.05) is 0 Å². The lowest BCUT2D eigenvalue weighted by molar-refractivity contribution is -0.151. The molecule has 1 amide bonds. The predicted molar refractivity (Wildman–Crippen MR) is 46.7 cm³/mol. The number of esters is 1. The van der Waals surface area contributed by atoms with Crippen LogP contribution in [0.5, 0.6) is 0 Å². The van der Waals surface area contributed by atoms with Crippen LogP contribution in [-0.2, 0) is 14.3 Å². The SMILES string of the molecule is COC(=O)C1CCCCC1C(N)=O. The summed E-state index contributed by atoms with van der Waals surface area (Å²) in [6, 6.07) is 0. The number of carbonyl (C=O) groups excluding carboxylic acids is 2. The maximum absolute atomic E-state index is 11.3. The van der Waals surface area contributed by atoms with Crippen LogP contribution in [0.4, 0.5) is 0 Å². The van der Waals surface area contributed by atoms with Crippen LogP contribution in [0.15, 0.2) is 0 Å². The number of hydrogen-bond donors (Lipinski definition) is 1. The Bertz CT molecular complexity index is 215. The highest BCUT2D eigenvalue weighted by Gasteiger charge is 2.34. The molecule has 74 valence electrons. The summed E-state index contributed by atoms with van der Waals surface area (Å²) in [6.07, 6.45) is 3.39. The fraction of sp³-hybridized carbons (Fsp3) is 0.778. The van der Waals surface area contributed by atoms with Crippen molar-refractivity contribution in [2.75, 3.05) is 7.11 Å². The van der Waals surface area contributed by atoms with Gasteiger partial charge in [-0.25, -0.2) is 0 Å². The Balaban J connectivity index is 2.67. The van der Waals surface area contributed by atoms with Crippen LogP contribution in [0.2, 0.25) is 0 Å². The molecule has 0 aliphatic heterocycles. The second-order valence-electron chi connectivity index (χ2n) is 3.42. The second-order valence-corrected chi connectivity index (χ2v) is 3.42. The summed E-state index contributed by atoms with van der Waals surface area (Å²) in [5.74, 6) is -1.31. The Labute approximate surface area is 77.4 Å². The predicted octanol–water partition coefficient (Wildman–Crippen LogP) is 0.451. The molecule has 2 unspecified atom stereocenters. The number of methoxy groups -OCH3 is 1. The van der Waals surface area contributed by atoms with E-state index in [0.717, 1.165) is 25.7 Å². The number of rotatable bonds is 2. The van der Waals surface area contributed by atoms with Crippen molar-refractivity contribution in [2.24, 2.45) is 17.6 Å². The van der Waals surface area contributed by atoms with Gasteiger partial charge in [-0.1, -0.05) is 12.8 Å². The van der Waals surface area contributed by atoms with E-state index in [1.54, 1.807) is 0 Å². The summed E-state index contributed by atoms with van der Waals surface area (Å²) in [7, 11) is 1.34. The number of carbonyl (C=O) groups is 2. The maximum Gasteiger partial charge on any atom is 0.309 e. The molecule has 0 aromatic carbocycles. The van der Waals surface area contributed by atoms with Crippen molar-refractivity contribution in [1.82, 2.24) is 0 Å². The standard InChI is InChI=1S/C9H15NO3/c1-13-9(12)7-5-3-2-4-6(7)8(10)11/h6-7H,2-5H2,1H3,(H2,10,11). The second kappa shape index (κ2) is 4.25. The summed E-state index contributed by atoms with van der Waals surface area (Å²) in [5.41, 5.74) is 5.20. The molecule has 0 spiro atoms. The minimum absolute atomic E-state index is 0.302. The highest BCUT2D eigenvalue weighted by molar-refractivity contribution is 5.84. The molecule has 0 aromatic heterocycles. The molecule has 0 heterocycles. The molecule has 1 aliphatic rings. The van der Waals surface area contributed by atoms with E-state index in [1.165, 1.54) is 7.11 Å². The van der Waals surface area contributed by atoms with Crippen LogP contribution in [0.1, 0.15) is 25.7 Å². The number of amides is 1. The Morgan fingerprint density at radius 2 is 1.77 bits per heavy atom. The van der Waals surface area contributed by atoms with E-state index >= 15 is 0 Å². The van der Waals surface area contributed by atoms with Crippen LogP contribution in [0.25, 0.3) is 0 Å². The molecule has 1 fully saturated rings. The van der Waals surface area contributed by atoms with Gasteiger partial charge in [0.15, 0.2) is 0 Å². The molecule has 4 heteroatoms. The third-order valence-electron chi connectivity index (χ3n) is 2.64. The van der Waals surface area contributed by atoms with Gasteiger partial charge in [0.1, 0.15) is 0 Å². The molecular weight excluding hydrogens is 170 g/mol. The van der Waals surface area contributed by atoms with Crippen molar-refractivity contribution < 1.29 is 14.3 Å². The number of nitrogens with two attached hydrogens (primary N) is 1. The maximum atomic E-state index is 11.3. The average molecular weight is 185 g/mol. The van der Waals surface area contributed by atoms with Crippen molar-refractivity contribution in [1.29, 1.82) is 0 Å². The Hall–Kier alpha value is -1.06. The van der Waals surface area contributed by atoms with E-state index in [-0.39, 0.29) is 23.7 Å². The van der Waals surface area contributed by atoms with Crippen molar-refractivity contribution in [3.63, 3.8) is 0 Å². The molecular formula is C9H15NO3. The van der Waals surface area contributed by atoms with Crippen molar-refractivity contribution in [2.45, 2.75) is 25.7 Å². The van der Waals surface area contributed by atoms with Crippen molar-refractivity contribution >= 4 is 11.9 Å². The van der Waals surface area contributed by atoms with E-state index in [9.17, 15) is 9.59 Å². The molecule has 0 aromatic rings. The van der Waals surface area contributed by atoms with E-state index in [4.69, 9.17) is 5.73 Å². The van der Waals surface area contributed by atoms with Gasteiger partial charge in [0.2, 0.25) is 5.91 Å². The lowest BCUT2D eigenvalue weighted by Crippen LogP contribution is -2.37. The Kier molecular flexibility index (Phi) is 3.28. The highest BCUT2D eigenvalue weighted by atomic mass is 16.5. The zero-order valence-electron chi connectivity index (χ0n) is 7.79. The van der Waals surface area contributed by atoms with Crippen LogP contribution in [0.3, 0.4) is 0 Å².